The van der Waals surface area contributed by atoms with Gasteiger partial charge in [0.15, 0.2) is 11.5 Å². The van der Waals surface area contributed by atoms with Crippen LogP contribution < -0.4 is 16.0 Å². The first kappa shape index (κ1) is 20.1. The molecule has 152 valence electrons. The van der Waals surface area contributed by atoms with Crippen molar-refractivity contribution in [2.45, 2.75) is 26.7 Å². The third-order valence-corrected chi connectivity index (χ3v) is 4.37. The minimum atomic E-state index is -1.23. The summed E-state index contributed by atoms with van der Waals surface area (Å²) in [5.74, 6) is -1.73. The number of aryl methyl sites for hydroxylation is 2. The lowest BCUT2D eigenvalue weighted by molar-refractivity contribution is 0.317. The molecule has 2 heterocycles. The molecule has 0 aliphatic rings. The number of hydrogen-bond donors (Lipinski definition) is 3. The molecule has 0 bridgehead atoms. The average Bonchev–Trinajstić information content (AvgIpc) is 2.61. The van der Waals surface area contributed by atoms with Crippen LogP contribution in [0.2, 0.25) is 0 Å². The van der Waals surface area contributed by atoms with E-state index in [9.17, 15) is 24.9 Å². The van der Waals surface area contributed by atoms with E-state index in [1.165, 1.54) is 44.2 Å². The van der Waals surface area contributed by atoms with E-state index in [2.05, 4.69) is 0 Å². The van der Waals surface area contributed by atoms with Gasteiger partial charge in [0.2, 0.25) is 0 Å². The zero-order valence-electron chi connectivity index (χ0n) is 16.1. The maximum Gasteiger partial charge on any atom is 0.343 e. The second-order valence-electron chi connectivity index (χ2n) is 6.48. The molecular formula is C21H20O8. The summed E-state index contributed by atoms with van der Waals surface area (Å²) >= 11 is 0. The standard InChI is InChI=1S/C21H20O8/c1-4-27-16-9-12(5-6-13(16)22)17(18-14(23)7-10(2)28-20(18)25)19-15(24)8-11(3)29-21(19)26/h5-9,17,22-24H,4H2,1-3H3. The molecular weight excluding hydrogens is 380 g/mol. The molecule has 3 rings (SSSR count). The summed E-state index contributed by atoms with van der Waals surface area (Å²) in [5.41, 5.74) is -1.97. The molecule has 3 N–H and O–H groups in total. The van der Waals surface area contributed by atoms with Crippen molar-refractivity contribution >= 4 is 0 Å². The first-order valence-corrected chi connectivity index (χ1v) is 8.85. The summed E-state index contributed by atoms with van der Waals surface area (Å²) in [4.78, 5) is 25.2. The highest BCUT2D eigenvalue weighted by Crippen LogP contribution is 2.40. The summed E-state index contributed by atoms with van der Waals surface area (Å²) in [6.07, 6.45) is 0. The summed E-state index contributed by atoms with van der Waals surface area (Å²) < 4.78 is 15.6. The normalized spacial score (nSPS) is 11.0. The molecule has 0 saturated carbocycles. The molecule has 8 nitrogen and oxygen atoms in total. The van der Waals surface area contributed by atoms with Crippen LogP contribution in [-0.4, -0.2) is 21.9 Å². The van der Waals surface area contributed by atoms with Crippen LogP contribution in [0, 0.1) is 13.8 Å². The van der Waals surface area contributed by atoms with E-state index in [0.717, 1.165) is 0 Å². The molecule has 0 atom stereocenters. The minimum absolute atomic E-state index is 0.113. The Kier molecular flexibility index (Phi) is 5.36. The number of phenols is 1. The molecule has 0 amide bonds. The van der Waals surface area contributed by atoms with Gasteiger partial charge in [-0.15, -0.1) is 0 Å². The number of ether oxygens (including phenoxy) is 1. The van der Waals surface area contributed by atoms with E-state index in [0.29, 0.717) is 5.56 Å². The average molecular weight is 400 g/mol. The Morgan fingerprint density at radius 2 is 1.38 bits per heavy atom. The highest BCUT2D eigenvalue weighted by Gasteiger charge is 2.31. The third kappa shape index (κ3) is 3.82. The van der Waals surface area contributed by atoms with Crippen LogP contribution in [0.15, 0.2) is 48.8 Å². The maximum absolute atomic E-state index is 12.6. The molecule has 0 saturated heterocycles. The third-order valence-electron chi connectivity index (χ3n) is 4.37. The van der Waals surface area contributed by atoms with Gasteiger partial charge in [0.1, 0.15) is 23.0 Å². The zero-order valence-corrected chi connectivity index (χ0v) is 16.1. The summed E-state index contributed by atoms with van der Waals surface area (Å²) in [5, 5.41) is 30.9. The zero-order chi connectivity index (χ0) is 21.3. The van der Waals surface area contributed by atoms with Crippen molar-refractivity contribution in [3.63, 3.8) is 0 Å². The van der Waals surface area contributed by atoms with Crippen LogP contribution >= 0.6 is 0 Å². The molecule has 1 aromatic carbocycles. The molecule has 0 aliphatic carbocycles. The quantitative estimate of drug-likeness (QED) is 0.596. The molecule has 0 spiro atoms. The summed E-state index contributed by atoms with van der Waals surface area (Å²) in [7, 11) is 0. The van der Waals surface area contributed by atoms with E-state index in [1.807, 2.05) is 0 Å². The Labute approximate surface area is 165 Å². The molecule has 0 fully saturated rings. The second kappa shape index (κ2) is 7.75. The maximum atomic E-state index is 12.6. The minimum Gasteiger partial charge on any atom is -0.507 e. The van der Waals surface area contributed by atoms with Crippen LogP contribution in [-0.2, 0) is 0 Å². The van der Waals surface area contributed by atoms with Crippen molar-refractivity contribution in [1.29, 1.82) is 0 Å². The number of phenolic OH excluding ortho intramolecular Hbond substituents is 1. The van der Waals surface area contributed by atoms with E-state index in [4.69, 9.17) is 13.6 Å². The van der Waals surface area contributed by atoms with Crippen molar-refractivity contribution in [2.75, 3.05) is 6.61 Å². The highest BCUT2D eigenvalue weighted by atomic mass is 16.5. The number of aromatic hydroxyl groups is 3. The molecule has 0 unspecified atom stereocenters. The highest BCUT2D eigenvalue weighted by molar-refractivity contribution is 5.54. The molecule has 29 heavy (non-hydrogen) atoms. The smallest absolute Gasteiger partial charge is 0.343 e. The largest absolute Gasteiger partial charge is 0.507 e. The first-order valence-electron chi connectivity index (χ1n) is 8.85. The lowest BCUT2D eigenvalue weighted by Gasteiger charge is -2.19. The van der Waals surface area contributed by atoms with Gasteiger partial charge in [-0.2, -0.15) is 0 Å². The SMILES string of the molecule is CCOc1cc(C(c2c(O)cc(C)oc2=O)c2c(O)cc(C)oc2=O)ccc1O. The predicted molar refractivity (Wildman–Crippen MR) is 103 cm³/mol. The summed E-state index contributed by atoms with van der Waals surface area (Å²) in [6.45, 7) is 4.97. The molecule has 0 aliphatic heterocycles. The first-order chi connectivity index (χ1) is 13.7. The van der Waals surface area contributed by atoms with Gasteiger partial charge in [-0.05, 0) is 38.5 Å². The Balaban J connectivity index is 2.38. The lowest BCUT2D eigenvalue weighted by atomic mass is 9.85. The van der Waals surface area contributed by atoms with Crippen LogP contribution in [0.5, 0.6) is 23.0 Å². The molecule has 0 radical (unpaired) electrons. The van der Waals surface area contributed by atoms with Gasteiger partial charge >= 0.3 is 11.3 Å². The van der Waals surface area contributed by atoms with E-state index in [-0.39, 0.29) is 40.8 Å². The van der Waals surface area contributed by atoms with E-state index in [1.54, 1.807) is 6.92 Å². The van der Waals surface area contributed by atoms with Gasteiger partial charge in [-0.25, -0.2) is 9.59 Å². The number of rotatable bonds is 5. The van der Waals surface area contributed by atoms with Gasteiger partial charge in [0.25, 0.3) is 0 Å². The monoisotopic (exact) mass is 400 g/mol. The number of benzene rings is 1. The van der Waals surface area contributed by atoms with Gasteiger partial charge in [-0.1, -0.05) is 6.07 Å². The number of hydrogen-bond acceptors (Lipinski definition) is 8. The van der Waals surface area contributed by atoms with Gasteiger partial charge in [-0.3, -0.25) is 0 Å². The van der Waals surface area contributed by atoms with Crippen molar-refractivity contribution < 1.29 is 28.9 Å². The van der Waals surface area contributed by atoms with Crippen molar-refractivity contribution in [3.05, 3.63) is 79.4 Å². The Bertz CT molecular complexity index is 1110. The molecule has 3 aromatic rings. The van der Waals surface area contributed by atoms with E-state index < -0.39 is 28.7 Å². The van der Waals surface area contributed by atoms with Crippen LogP contribution in [0.3, 0.4) is 0 Å². The van der Waals surface area contributed by atoms with Crippen molar-refractivity contribution in [2.24, 2.45) is 0 Å². The fraction of sp³-hybridized carbons (Fsp3) is 0.238. The lowest BCUT2D eigenvalue weighted by Crippen LogP contribution is -2.21. The van der Waals surface area contributed by atoms with Crippen molar-refractivity contribution in [1.82, 2.24) is 0 Å². The van der Waals surface area contributed by atoms with Crippen molar-refractivity contribution in [3.8, 4) is 23.0 Å². The predicted octanol–water partition coefficient (Wildman–Crippen LogP) is 2.91. The van der Waals surface area contributed by atoms with E-state index >= 15 is 0 Å². The molecule has 2 aromatic heterocycles. The Hall–Kier alpha value is -3.68. The molecule has 8 heteroatoms. The fourth-order valence-electron chi connectivity index (χ4n) is 3.20. The van der Waals surface area contributed by atoms with Crippen LogP contribution in [0.25, 0.3) is 0 Å². The Morgan fingerprint density at radius 1 is 0.862 bits per heavy atom. The van der Waals surface area contributed by atoms with Gasteiger partial charge in [0.05, 0.1) is 23.7 Å². The second-order valence-corrected chi connectivity index (χ2v) is 6.48. The fourth-order valence-corrected chi connectivity index (χ4v) is 3.20. The van der Waals surface area contributed by atoms with Gasteiger partial charge in [0, 0.05) is 12.1 Å². The Morgan fingerprint density at radius 3 is 1.83 bits per heavy atom. The van der Waals surface area contributed by atoms with Crippen LogP contribution in [0.4, 0.5) is 0 Å². The topological polar surface area (TPSA) is 130 Å². The summed E-state index contributed by atoms with van der Waals surface area (Å²) in [6, 6.07) is 6.66. The van der Waals surface area contributed by atoms with Gasteiger partial charge < -0.3 is 28.9 Å². The van der Waals surface area contributed by atoms with Crippen LogP contribution in [0.1, 0.15) is 41.1 Å².